The van der Waals surface area contributed by atoms with Crippen LogP contribution in [0.3, 0.4) is 0 Å². The van der Waals surface area contributed by atoms with E-state index in [9.17, 15) is 22.0 Å². The molecule has 176 valence electrons. The summed E-state index contributed by atoms with van der Waals surface area (Å²) in [5, 5.41) is 2.87. The van der Waals surface area contributed by atoms with E-state index in [1.54, 1.807) is 20.8 Å². The molecule has 0 saturated carbocycles. The van der Waals surface area contributed by atoms with Crippen molar-refractivity contribution in [3.05, 3.63) is 70.2 Å². The van der Waals surface area contributed by atoms with Crippen molar-refractivity contribution in [2.45, 2.75) is 37.6 Å². The second-order valence-corrected chi connectivity index (χ2v) is 11.0. The Balaban J connectivity index is 1.79. The molecule has 0 unspecified atom stereocenters. The summed E-state index contributed by atoms with van der Waals surface area (Å²) < 4.78 is 60.3. The van der Waals surface area contributed by atoms with Crippen molar-refractivity contribution in [2.24, 2.45) is 0 Å². The van der Waals surface area contributed by atoms with E-state index in [1.807, 2.05) is 0 Å². The van der Waals surface area contributed by atoms with E-state index in [0.717, 1.165) is 17.4 Å². The molecule has 11 heteroatoms. The predicted molar refractivity (Wildman–Crippen MR) is 122 cm³/mol. The molecule has 7 nitrogen and oxygen atoms in total. The summed E-state index contributed by atoms with van der Waals surface area (Å²) in [4.78, 5) is 17.3. The lowest BCUT2D eigenvalue weighted by Crippen LogP contribution is -2.40. The van der Waals surface area contributed by atoms with Crippen molar-refractivity contribution in [1.29, 1.82) is 0 Å². The number of anilines is 1. The first-order valence-corrected chi connectivity index (χ1v) is 12.1. The van der Waals surface area contributed by atoms with Gasteiger partial charge in [-0.3, -0.25) is 10.1 Å². The highest BCUT2D eigenvalue weighted by atomic mass is 32.2. The van der Waals surface area contributed by atoms with Gasteiger partial charge < -0.3 is 4.74 Å². The molecule has 0 spiro atoms. The second kappa shape index (κ2) is 9.54. The monoisotopic (exact) mass is 495 g/mol. The first-order chi connectivity index (χ1) is 15.4. The first-order valence-electron chi connectivity index (χ1n) is 9.80. The maximum atomic E-state index is 13.9. The maximum Gasteiger partial charge on any atom is 0.257 e. The highest BCUT2D eigenvalue weighted by Crippen LogP contribution is 2.27. The third-order valence-corrected chi connectivity index (χ3v) is 7.00. The standard InChI is InChI=1S/C22H23F2N3O4S2/c1-22(2,3)27-33(29,30)19-10-14(6-8-18(19)31-4)20(28)26-21-25-12-16(32-21)9-13-5-7-15(23)11-17(13)24/h5-8,10-12,27H,9H2,1-4H3,(H,25,26,28). The van der Waals surface area contributed by atoms with Crippen molar-refractivity contribution in [1.82, 2.24) is 9.71 Å². The van der Waals surface area contributed by atoms with Crippen molar-refractivity contribution in [2.75, 3.05) is 12.4 Å². The molecular formula is C22H23F2N3O4S2. The molecule has 2 aromatic carbocycles. The summed E-state index contributed by atoms with van der Waals surface area (Å²) in [6.45, 7) is 5.10. The van der Waals surface area contributed by atoms with Crippen molar-refractivity contribution >= 4 is 32.4 Å². The molecule has 0 fully saturated rings. The number of rotatable bonds is 7. The second-order valence-electron chi connectivity index (χ2n) is 8.22. The van der Waals surface area contributed by atoms with Crippen LogP contribution in [0.5, 0.6) is 5.75 Å². The predicted octanol–water partition coefficient (Wildman–Crippen LogP) is 4.35. The molecule has 0 saturated heterocycles. The van der Waals surface area contributed by atoms with Crippen molar-refractivity contribution in [3.63, 3.8) is 0 Å². The number of methoxy groups -OCH3 is 1. The van der Waals surface area contributed by atoms with Crippen LogP contribution in [0, 0.1) is 11.6 Å². The van der Waals surface area contributed by atoms with Gasteiger partial charge in [-0.1, -0.05) is 6.07 Å². The minimum atomic E-state index is -3.96. The number of sulfonamides is 1. The van der Waals surface area contributed by atoms with E-state index in [2.05, 4.69) is 15.0 Å². The lowest BCUT2D eigenvalue weighted by Gasteiger charge is -2.21. The molecule has 0 radical (unpaired) electrons. The van der Waals surface area contributed by atoms with E-state index >= 15 is 0 Å². The number of halogens is 2. The Bertz CT molecular complexity index is 1290. The molecule has 33 heavy (non-hydrogen) atoms. The molecule has 1 amide bonds. The van der Waals surface area contributed by atoms with Crippen LogP contribution in [0.1, 0.15) is 41.6 Å². The van der Waals surface area contributed by atoms with Crippen molar-refractivity contribution in [3.8, 4) is 5.75 Å². The Morgan fingerprint density at radius 2 is 1.88 bits per heavy atom. The van der Waals surface area contributed by atoms with Gasteiger partial charge >= 0.3 is 0 Å². The van der Waals surface area contributed by atoms with Gasteiger partial charge in [-0.25, -0.2) is 26.9 Å². The number of amides is 1. The fourth-order valence-electron chi connectivity index (χ4n) is 2.96. The number of thiazole rings is 1. The zero-order chi connectivity index (χ0) is 24.4. The van der Waals surface area contributed by atoms with Crippen LogP contribution >= 0.6 is 11.3 Å². The fourth-order valence-corrected chi connectivity index (χ4v) is 5.40. The third-order valence-electron chi connectivity index (χ3n) is 4.31. The smallest absolute Gasteiger partial charge is 0.257 e. The van der Waals surface area contributed by atoms with E-state index in [0.29, 0.717) is 10.4 Å². The molecule has 3 aromatic rings. The lowest BCUT2D eigenvalue weighted by atomic mass is 10.1. The summed E-state index contributed by atoms with van der Waals surface area (Å²) in [5.41, 5.74) is -0.343. The number of aromatic nitrogens is 1. The van der Waals surface area contributed by atoms with Crippen LogP contribution in [-0.4, -0.2) is 32.0 Å². The Labute approximate surface area is 194 Å². The number of nitrogens with one attached hydrogen (secondary N) is 2. The van der Waals surface area contributed by atoms with Gasteiger partial charge in [0.1, 0.15) is 22.3 Å². The summed E-state index contributed by atoms with van der Waals surface area (Å²) in [7, 11) is -2.62. The van der Waals surface area contributed by atoms with Crippen LogP contribution < -0.4 is 14.8 Å². The van der Waals surface area contributed by atoms with E-state index in [1.165, 1.54) is 43.6 Å². The number of nitrogens with zero attached hydrogens (tertiary/aromatic N) is 1. The fraction of sp³-hybridized carbons (Fsp3) is 0.273. The molecule has 2 N–H and O–H groups in total. The number of carbonyl (C=O) groups excluding carboxylic acids is 1. The number of benzene rings is 2. The van der Waals surface area contributed by atoms with Crippen LogP contribution in [0.25, 0.3) is 0 Å². The van der Waals surface area contributed by atoms with Gasteiger partial charge in [-0.05, 0) is 50.6 Å². The van der Waals surface area contributed by atoms with Gasteiger partial charge in [0.05, 0.1) is 7.11 Å². The summed E-state index contributed by atoms with van der Waals surface area (Å²) in [6, 6.07) is 7.40. The van der Waals surface area contributed by atoms with Crippen LogP contribution in [0.15, 0.2) is 47.5 Å². The van der Waals surface area contributed by atoms with Gasteiger partial charge in [0.15, 0.2) is 5.13 Å². The highest BCUT2D eigenvalue weighted by Gasteiger charge is 2.26. The van der Waals surface area contributed by atoms with Crippen molar-refractivity contribution < 1.29 is 26.7 Å². The highest BCUT2D eigenvalue weighted by molar-refractivity contribution is 7.89. The Kier molecular flexibility index (Phi) is 7.15. The third kappa shape index (κ3) is 6.34. The molecule has 3 rings (SSSR count). The molecule has 1 heterocycles. The Morgan fingerprint density at radius 1 is 1.15 bits per heavy atom. The van der Waals surface area contributed by atoms with E-state index in [-0.39, 0.29) is 27.8 Å². The first kappa shape index (κ1) is 24.7. The molecule has 0 atom stereocenters. The van der Waals surface area contributed by atoms with Gasteiger partial charge in [0, 0.05) is 34.7 Å². The molecule has 0 bridgehead atoms. The molecule has 0 aliphatic rings. The molecule has 1 aromatic heterocycles. The summed E-state index contributed by atoms with van der Waals surface area (Å²) >= 11 is 1.13. The summed E-state index contributed by atoms with van der Waals surface area (Å²) in [6.07, 6.45) is 1.67. The number of carbonyl (C=O) groups is 1. The van der Waals surface area contributed by atoms with E-state index < -0.39 is 33.1 Å². The maximum absolute atomic E-state index is 13.9. The topological polar surface area (TPSA) is 97.4 Å². The minimum Gasteiger partial charge on any atom is -0.495 e. The SMILES string of the molecule is COc1ccc(C(=O)Nc2ncc(Cc3ccc(F)cc3F)s2)cc1S(=O)(=O)NC(C)(C)C. The quantitative estimate of drug-likeness (QED) is 0.508. The minimum absolute atomic E-state index is 0.0893. The molecule has 0 aliphatic carbocycles. The zero-order valence-electron chi connectivity index (χ0n) is 18.4. The van der Waals surface area contributed by atoms with Gasteiger partial charge in [-0.15, -0.1) is 11.3 Å². The number of hydrogen-bond acceptors (Lipinski definition) is 6. The van der Waals surface area contributed by atoms with Gasteiger partial charge in [-0.2, -0.15) is 0 Å². The van der Waals surface area contributed by atoms with E-state index in [4.69, 9.17) is 4.74 Å². The average Bonchev–Trinajstić information content (AvgIpc) is 3.14. The Hall–Kier alpha value is -2.89. The van der Waals surface area contributed by atoms with Gasteiger partial charge in [0.25, 0.3) is 5.91 Å². The largest absolute Gasteiger partial charge is 0.495 e. The van der Waals surface area contributed by atoms with Crippen LogP contribution in [0.2, 0.25) is 0 Å². The average molecular weight is 496 g/mol. The zero-order valence-corrected chi connectivity index (χ0v) is 20.0. The lowest BCUT2D eigenvalue weighted by molar-refractivity contribution is 0.102. The molecular weight excluding hydrogens is 472 g/mol. The van der Waals surface area contributed by atoms with Crippen LogP contribution in [0.4, 0.5) is 13.9 Å². The van der Waals surface area contributed by atoms with Crippen LogP contribution in [-0.2, 0) is 16.4 Å². The normalized spacial score (nSPS) is 11.9. The summed E-state index contributed by atoms with van der Waals surface area (Å²) in [5.74, 6) is -1.79. The number of hydrogen-bond donors (Lipinski definition) is 2. The number of ether oxygens (including phenoxy) is 1. The Morgan fingerprint density at radius 3 is 2.52 bits per heavy atom. The van der Waals surface area contributed by atoms with Gasteiger partial charge in [0.2, 0.25) is 10.0 Å². The molecule has 0 aliphatic heterocycles.